The van der Waals surface area contributed by atoms with Crippen molar-refractivity contribution in [2.45, 2.75) is 161 Å². The van der Waals surface area contributed by atoms with Gasteiger partial charge in [0.15, 0.2) is 0 Å². The van der Waals surface area contributed by atoms with Crippen molar-refractivity contribution in [1.29, 1.82) is 0 Å². The molecular weight excluding hydrogens is 789 g/mol. The second-order valence-corrected chi connectivity index (χ2v) is 18.1. The fourth-order valence-corrected chi connectivity index (χ4v) is 8.10. The number of ether oxygens (including phenoxy) is 1. The highest BCUT2D eigenvalue weighted by Gasteiger charge is 2.17. The quantitative estimate of drug-likeness (QED) is 0.135. The molecule has 6 aromatic rings. The van der Waals surface area contributed by atoms with Gasteiger partial charge in [-0.05, 0) is 151 Å². The molecular formula is C55H84N8O. The fraction of sp³-hybridized carbons (Fsp3) is 0.491. The van der Waals surface area contributed by atoms with E-state index in [-0.39, 0.29) is 14.9 Å². The second kappa shape index (κ2) is 25.8. The van der Waals surface area contributed by atoms with Crippen molar-refractivity contribution in [3.63, 3.8) is 0 Å². The monoisotopic (exact) mass is 873 g/mol. The van der Waals surface area contributed by atoms with Crippen LogP contribution in [0.5, 0.6) is 5.75 Å². The summed E-state index contributed by atoms with van der Waals surface area (Å²) in [6, 6.07) is 8.30. The first kappa shape index (κ1) is 54.7. The number of aryl methyl sites for hydroxylation is 3. The number of nitrogen functional groups attached to an aromatic ring is 1. The first-order chi connectivity index (χ1) is 29.4. The Bertz CT molecular complexity index is 2270. The summed E-state index contributed by atoms with van der Waals surface area (Å²) in [6.07, 6.45) is 15.7. The molecule has 2 aliphatic rings. The molecule has 350 valence electrons. The standard InChI is InChI=1S/C12H18N2.C12H17NO.C11H14N2.C9H14N2.C9H13N.2CH4/c1-8(2)10-7-14-11-5-4-6-13-12(11)9(10)3;1-8(2)10-4-5-11-12(9(10)3)13-6-7-14-11;1-7(2)9-6-13-10-4-5-12-11(10)8(9)3;1-6(2)8-4-11-5-9(10)7(8)3;1-7(2)9-6-10-5-4-8(9)3;;/h7-8,13H,4-6H2,1-3H3;4-5,8,13H,6-7H2,1-3H3;4-7,12H,1-3H3;4-6H,10H2,1-3H3;4-7H,1-3H3;2*1H4. The molecule has 0 saturated carbocycles. The Morgan fingerprint density at radius 3 is 1.72 bits per heavy atom. The molecule has 1 aromatic carbocycles. The predicted molar refractivity (Wildman–Crippen MR) is 278 cm³/mol. The van der Waals surface area contributed by atoms with Crippen LogP contribution in [0.1, 0.15) is 181 Å². The third-order valence-corrected chi connectivity index (χ3v) is 11.8. The van der Waals surface area contributed by atoms with Gasteiger partial charge in [-0.1, -0.05) is 90.2 Å². The number of fused-ring (bicyclic) bond motifs is 3. The van der Waals surface area contributed by atoms with Crippen LogP contribution in [0, 0.1) is 34.6 Å². The number of hydrogen-bond acceptors (Lipinski definition) is 8. The second-order valence-electron chi connectivity index (χ2n) is 18.1. The number of nitrogens with one attached hydrogen (secondary N) is 3. The number of nitrogens with zero attached hydrogens (tertiary/aromatic N) is 4. The minimum atomic E-state index is 0. The number of aromatic amines is 1. The number of pyridine rings is 4. The molecule has 0 radical (unpaired) electrons. The lowest BCUT2D eigenvalue weighted by atomic mass is 9.96. The van der Waals surface area contributed by atoms with Crippen LogP contribution < -0.4 is 21.1 Å². The van der Waals surface area contributed by atoms with Crippen LogP contribution in [-0.4, -0.2) is 44.6 Å². The largest absolute Gasteiger partial charge is 0.490 e. The van der Waals surface area contributed by atoms with Crippen molar-refractivity contribution >= 4 is 28.1 Å². The SMILES string of the molecule is C.C.Cc1c(C(C)C)ccc2c1NCCO2.Cc1c(C(C)C)cnc2c1NCCC2.Cc1c(C(C)C)cnc2cc[nH]c12.Cc1c(N)cncc1C(C)C.Cc1ccncc1C(C)C. The predicted octanol–water partition coefficient (Wildman–Crippen LogP) is 14.7. The Balaban J connectivity index is 0.000000275. The van der Waals surface area contributed by atoms with E-state index in [0.717, 1.165) is 48.6 Å². The normalized spacial score (nSPS) is 12.2. The van der Waals surface area contributed by atoms with Crippen LogP contribution in [0.3, 0.4) is 0 Å². The highest BCUT2D eigenvalue weighted by Crippen LogP contribution is 2.35. The summed E-state index contributed by atoms with van der Waals surface area (Å²) in [5.41, 5.74) is 25.7. The molecule has 0 spiro atoms. The van der Waals surface area contributed by atoms with Gasteiger partial charge in [0.1, 0.15) is 12.4 Å². The molecule has 5 aromatic heterocycles. The molecule has 0 aliphatic carbocycles. The van der Waals surface area contributed by atoms with Crippen molar-refractivity contribution in [2.24, 2.45) is 0 Å². The Morgan fingerprint density at radius 1 is 0.562 bits per heavy atom. The van der Waals surface area contributed by atoms with Crippen molar-refractivity contribution < 1.29 is 4.74 Å². The molecule has 0 fully saturated rings. The molecule has 2 aliphatic heterocycles. The van der Waals surface area contributed by atoms with E-state index in [2.05, 4.69) is 151 Å². The van der Waals surface area contributed by atoms with Crippen LogP contribution in [0.4, 0.5) is 17.1 Å². The lowest BCUT2D eigenvalue weighted by Crippen LogP contribution is -2.19. The zero-order valence-electron chi connectivity index (χ0n) is 40.5. The van der Waals surface area contributed by atoms with Gasteiger partial charge in [0.2, 0.25) is 0 Å². The maximum absolute atomic E-state index is 5.70. The van der Waals surface area contributed by atoms with Gasteiger partial charge in [-0.15, -0.1) is 0 Å². The van der Waals surface area contributed by atoms with Crippen molar-refractivity contribution in [3.8, 4) is 5.75 Å². The highest BCUT2D eigenvalue weighted by molar-refractivity contribution is 5.79. The Morgan fingerprint density at radius 2 is 1.12 bits per heavy atom. The van der Waals surface area contributed by atoms with Crippen LogP contribution >= 0.6 is 0 Å². The van der Waals surface area contributed by atoms with E-state index < -0.39 is 0 Å². The molecule has 9 nitrogen and oxygen atoms in total. The molecule has 0 bridgehead atoms. The van der Waals surface area contributed by atoms with E-state index in [9.17, 15) is 0 Å². The Hall–Kier alpha value is -5.44. The van der Waals surface area contributed by atoms with E-state index in [4.69, 9.17) is 10.5 Å². The molecule has 64 heavy (non-hydrogen) atoms. The molecule has 0 unspecified atom stereocenters. The van der Waals surface area contributed by atoms with E-state index in [1.165, 1.54) is 79.1 Å². The molecule has 7 heterocycles. The summed E-state index contributed by atoms with van der Waals surface area (Å²) in [5, 5.41) is 6.86. The summed E-state index contributed by atoms with van der Waals surface area (Å²) in [4.78, 5) is 20.3. The summed E-state index contributed by atoms with van der Waals surface area (Å²) in [6.45, 7) is 35.4. The molecule has 0 amide bonds. The number of benzene rings is 1. The Kier molecular flexibility index (Phi) is 22.0. The highest BCUT2D eigenvalue weighted by atomic mass is 16.5. The number of aromatic nitrogens is 5. The zero-order valence-corrected chi connectivity index (χ0v) is 40.5. The number of anilines is 3. The van der Waals surface area contributed by atoms with Gasteiger partial charge in [0.05, 0.1) is 40.0 Å². The zero-order chi connectivity index (χ0) is 45.7. The summed E-state index contributed by atoms with van der Waals surface area (Å²) in [7, 11) is 0. The molecule has 0 saturated heterocycles. The summed E-state index contributed by atoms with van der Waals surface area (Å²) in [5.74, 6) is 3.78. The van der Waals surface area contributed by atoms with E-state index in [1.54, 1.807) is 6.20 Å². The first-order valence-electron chi connectivity index (χ1n) is 22.7. The summed E-state index contributed by atoms with van der Waals surface area (Å²) >= 11 is 0. The van der Waals surface area contributed by atoms with Crippen LogP contribution in [0.2, 0.25) is 0 Å². The van der Waals surface area contributed by atoms with Crippen molar-refractivity contribution in [3.05, 3.63) is 129 Å². The van der Waals surface area contributed by atoms with Crippen molar-refractivity contribution in [1.82, 2.24) is 24.9 Å². The van der Waals surface area contributed by atoms with Gasteiger partial charge in [-0.25, -0.2) is 0 Å². The van der Waals surface area contributed by atoms with Gasteiger partial charge in [-0.2, -0.15) is 0 Å². The third-order valence-electron chi connectivity index (χ3n) is 11.8. The Labute approximate surface area is 388 Å². The fourth-order valence-electron chi connectivity index (χ4n) is 8.10. The number of nitrogens with two attached hydrogens (primary N) is 1. The average molecular weight is 873 g/mol. The topological polar surface area (TPSA) is 127 Å². The van der Waals surface area contributed by atoms with Crippen LogP contribution in [-0.2, 0) is 6.42 Å². The lowest BCUT2D eigenvalue weighted by Gasteiger charge is -2.23. The first-order valence-corrected chi connectivity index (χ1v) is 22.7. The number of H-pyrrole nitrogens is 1. The smallest absolute Gasteiger partial charge is 0.142 e. The van der Waals surface area contributed by atoms with Gasteiger partial charge in [-0.3, -0.25) is 19.9 Å². The average Bonchev–Trinajstić information content (AvgIpc) is 3.73. The molecule has 8 rings (SSSR count). The minimum absolute atomic E-state index is 0. The minimum Gasteiger partial charge on any atom is -0.490 e. The molecule has 9 heteroatoms. The van der Waals surface area contributed by atoms with Crippen LogP contribution in [0.15, 0.2) is 67.6 Å². The van der Waals surface area contributed by atoms with E-state index >= 15 is 0 Å². The maximum atomic E-state index is 5.70. The molecule has 5 N–H and O–H groups in total. The third kappa shape index (κ3) is 14.3. The number of rotatable bonds is 5. The van der Waals surface area contributed by atoms with Crippen LogP contribution in [0.25, 0.3) is 11.0 Å². The van der Waals surface area contributed by atoms with Gasteiger partial charge in [0.25, 0.3) is 0 Å². The maximum Gasteiger partial charge on any atom is 0.142 e. The molecule has 0 atom stereocenters. The van der Waals surface area contributed by atoms with Gasteiger partial charge in [0, 0.05) is 50.3 Å². The van der Waals surface area contributed by atoms with E-state index in [0.29, 0.717) is 29.6 Å². The van der Waals surface area contributed by atoms with E-state index in [1.807, 2.05) is 50.2 Å². The number of hydrogen-bond donors (Lipinski definition) is 4. The summed E-state index contributed by atoms with van der Waals surface area (Å²) < 4.78 is 5.58. The lowest BCUT2D eigenvalue weighted by molar-refractivity contribution is 0.323. The van der Waals surface area contributed by atoms with Gasteiger partial charge >= 0.3 is 0 Å². The van der Waals surface area contributed by atoms with Crippen molar-refractivity contribution in [2.75, 3.05) is 36.1 Å². The van der Waals surface area contributed by atoms with Gasteiger partial charge < -0.3 is 26.1 Å².